The van der Waals surface area contributed by atoms with Crippen molar-refractivity contribution in [2.75, 3.05) is 6.54 Å². The van der Waals surface area contributed by atoms with Gasteiger partial charge >= 0.3 is 5.97 Å². The van der Waals surface area contributed by atoms with E-state index in [1.807, 2.05) is 26.0 Å². The van der Waals surface area contributed by atoms with Crippen LogP contribution in [-0.4, -0.2) is 28.4 Å². The summed E-state index contributed by atoms with van der Waals surface area (Å²) in [5, 5.41) is 8.92. The van der Waals surface area contributed by atoms with Gasteiger partial charge in [0.05, 0.1) is 5.92 Å². The number of likely N-dealkylation sites (tertiary alicyclic amines) is 1. The molecule has 1 heterocycles. The molecule has 4 nitrogen and oxygen atoms in total. The first-order chi connectivity index (χ1) is 8.47. The van der Waals surface area contributed by atoms with Gasteiger partial charge in [-0.2, -0.15) is 0 Å². The van der Waals surface area contributed by atoms with Gasteiger partial charge in [0.15, 0.2) is 0 Å². The fraction of sp³-hybridized carbons (Fsp3) is 0.429. The highest BCUT2D eigenvalue weighted by atomic mass is 16.4. The van der Waals surface area contributed by atoms with Gasteiger partial charge in [-0.25, -0.2) is 0 Å². The maximum absolute atomic E-state index is 11.7. The minimum Gasteiger partial charge on any atom is -0.481 e. The number of carbonyl (C=O) groups is 2. The Morgan fingerprint density at radius 2 is 2.11 bits per heavy atom. The van der Waals surface area contributed by atoms with Gasteiger partial charge in [0.1, 0.15) is 0 Å². The average molecular weight is 247 g/mol. The highest BCUT2D eigenvalue weighted by molar-refractivity contribution is 5.86. The Labute approximate surface area is 106 Å². The van der Waals surface area contributed by atoms with E-state index < -0.39 is 11.9 Å². The van der Waals surface area contributed by atoms with Crippen molar-refractivity contribution in [2.45, 2.75) is 26.8 Å². The Kier molecular flexibility index (Phi) is 3.36. The zero-order valence-corrected chi connectivity index (χ0v) is 10.6. The molecule has 0 aliphatic carbocycles. The molecule has 1 unspecified atom stereocenters. The zero-order valence-electron chi connectivity index (χ0n) is 10.6. The largest absolute Gasteiger partial charge is 0.481 e. The van der Waals surface area contributed by atoms with Gasteiger partial charge in [0, 0.05) is 19.5 Å². The summed E-state index contributed by atoms with van der Waals surface area (Å²) in [7, 11) is 0. The molecule has 2 rings (SSSR count). The van der Waals surface area contributed by atoms with Crippen LogP contribution in [0.1, 0.15) is 23.1 Å². The van der Waals surface area contributed by atoms with Gasteiger partial charge in [0.2, 0.25) is 5.91 Å². The number of amides is 1. The Hall–Kier alpha value is -1.84. The highest BCUT2D eigenvalue weighted by Crippen LogP contribution is 2.21. The monoisotopic (exact) mass is 247 g/mol. The van der Waals surface area contributed by atoms with Crippen molar-refractivity contribution in [1.82, 2.24) is 4.90 Å². The predicted octanol–water partition coefficient (Wildman–Crippen LogP) is 1.74. The van der Waals surface area contributed by atoms with Crippen LogP contribution >= 0.6 is 0 Å². The molecule has 1 aromatic carbocycles. The first-order valence-electron chi connectivity index (χ1n) is 6.04. The maximum Gasteiger partial charge on any atom is 0.308 e. The lowest BCUT2D eigenvalue weighted by Gasteiger charge is -2.16. The first kappa shape index (κ1) is 12.6. The standard InChI is InChI=1S/C14H17NO3/c1-9-3-4-11(5-10(9)2)7-15-8-12(14(17)18)6-13(15)16/h3-5,12H,6-8H2,1-2H3,(H,17,18). The number of carbonyl (C=O) groups excluding carboxylic acids is 1. The lowest BCUT2D eigenvalue weighted by atomic mass is 10.1. The molecule has 18 heavy (non-hydrogen) atoms. The zero-order chi connectivity index (χ0) is 13.3. The second-order valence-corrected chi connectivity index (χ2v) is 4.93. The third-order valence-electron chi connectivity index (χ3n) is 3.51. The second-order valence-electron chi connectivity index (χ2n) is 4.93. The Bertz CT molecular complexity index is 496. The summed E-state index contributed by atoms with van der Waals surface area (Å²) in [6.45, 7) is 4.90. The van der Waals surface area contributed by atoms with Crippen LogP contribution in [0.15, 0.2) is 18.2 Å². The predicted molar refractivity (Wildman–Crippen MR) is 67.1 cm³/mol. The number of nitrogens with zero attached hydrogens (tertiary/aromatic N) is 1. The topological polar surface area (TPSA) is 57.6 Å². The molecule has 1 aliphatic heterocycles. The van der Waals surface area contributed by atoms with Crippen molar-refractivity contribution >= 4 is 11.9 Å². The van der Waals surface area contributed by atoms with E-state index in [4.69, 9.17) is 5.11 Å². The lowest BCUT2D eigenvalue weighted by Crippen LogP contribution is -2.25. The van der Waals surface area contributed by atoms with E-state index in [0.29, 0.717) is 13.1 Å². The normalized spacial score (nSPS) is 19.3. The third-order valence-corrected chi connectivity index (χ3v) is 3.51. The summed E-state index contributed by atoms with van der Waals surface area (Å²) < 4.78 is 0. The van der Waals surface area contributed by atoms with Crippen molar-refractivity contribution in [1.29, 1.82) is 0 Å². The Balaban J connectivity index is 2.08. The van der Waals surface area contributed by atoms with Crippen LogP contribution in [0.5, 0.6) is 0 Å². The minimum atomic E-state index is -0.883. The number of aliphatic carboxylic acids is 1. The van der Waals surface area contributed by atoms with Crippen molar-refractivity contribution in [2.24, 2.45) is 5.92 Å². The molecule has 0 saturated carbocycles. The molecule has 1 fully saturated rings. The molecule has 1 amide bonds. The molecule has 1 N–H and O–H groups in total. The quantitative estimate of drug-likeness (QED) is 0.885. The molecule has 0 radical (unpaired) electrons. The lowest BCUT2D eigenvalue weighted by molar-refractivity contribution is -0.141. The van der Waals surface area contributed by atoms with E-state index in [1.54, 1.807) is 4.90 Å². The van der Waals surface area contributed by atoms with Gasteiger partial charge < -0.3 is 10.0 Å². The summed E-state index contributed by atoms with van der Waals surface area (Å²) in [6, 6.07) is 6.07. The smallest absolute Gasteiger partial charge is 0.308 e. The number of aryl methyl sites for hydroxylation is 2. The number of hydrogen-bond donors (Lipinski definition) is 1. The molecular formula is C14H17NO3. The van der Waals surface area contributed by atoms with Crippen LogP contribution in [0.3, 0.4) is 0 Å². The summed E-state index contributed by atoms with van der Waals surface area (Å²) in [5.74, 6) is -1.50. The number of carboxylic acid groups (broad SMARTS) is 1. The molecule has 96 valence electrons. The van der Waals surface area contributed by atoms with Crippen LogP contribution in [0.25, 0.3) is 0 Å². The van der Waals surface area contributed by atoms with E-state index in [1.165, 1.54) is 11.1 Å². The number of hydrogen-bond acceptors (Lipinski definition) is 2. The van der Waals surface area contributed by atoms with Gasteiger partial charge in [-0.3, -0.25) is 9.59 Å². The van der Waals surface area contributed by atoms with E-state index in [2.05, 4.69) is 6.07 Å². The Morgan fingerprint density at radius 1 is 1.39 bits per heavy atom. The molecule has 0 bridgehead atoms. The minimum absolute atomic E-state index is 0.0689. The van der Waals surface area contributed by atoms with Crippen LogP contribution in [0, 0.1) is 19.8 Å². The van der Waals surface area contributed by atoms with E-state index in [9.17, 15) is 9.59 Å². The molecule has 0 spiro atoms. The summed E-state index contributed by atoms with van der Waals surface area (Å²) >= 11 is 0. The summed E-state index contributed by atoms with van der Waals surface area (Å²) in [4.78, 5) is 24.2. The molecule has 1 atom stereocenters. The summed E-state index contributed by atoms with van der Waals surface area (Å²) in [6.07, 6.45) is 0.125. The van der Waals surface area contributed by atoms with E-state index in [-0.39, 0.29) is 12.3 Å². The van der Waals surface area contributed by atoms with Crippen molar-refractivity contribution in [3.05, 3.63) is 34.9 Å². The van der Waals surface area contributed by atoms with Gasteiger partial charge in [-0.1, -0.05) is 18.2 Å². The highest BCUT2D eigenvalue weighted by Gasteiger charge is 2.33. The number of carboxylic acids is 1. The second kappa shape index (κ2) is 4.80. The molecule has 1 aromatic rings. The van der Waals surface area contributed by atoms with Crippen LogP contribution in [0.2, 0.25) is 0 Å². The average Bonchev–Trinajstić information content (AvgIpc) is 2.66. The van der Waals surface area contributed by atoms with Crippen molar-refractivity contribution in [3.63, 3.8) is 0 Å². The maximum atomic E-state index is 11.7. The van der Waals surface area contributed by atoms with Crippen LogP contribution in [0.4, 0.5) is 0 Å². The SMILES string of the molecule is Cc1ccc(CN2CC(C(=O)O)CC2=O)cc1C. The van der Waals surface area contributed by atoms with Crippen molar-refractivity contribution in [3.8, 4) is 0 Å². The number of rotatable bonds is 3. The molecule has 1 aliphatic rings. The van der Waals surface area contributed by atoms with E-state index in [0.717, 1.165) is 5.56 Å². The van der Waals surface area contributed by atoms with Crippen LogP contribution < -0.4 is 0 Å². The fourth-order valence-corrected chi connectivity index (χ4v) is 2.21. The number of benzene rings is 1. The molecular weight excluding hydrogens is 230 g/mol. The first-order valence-corrected chi connectivity index (χ1v) is 6.04. The summed E-state index contributed by atoms with van der Waals surface area (Å²) in [5.41, 5.74) is 3.46. The molecule has 4 heteroatoms. The van der Waals surface area contributed by atoms with E-state index >= 15 is 0 Å². The van der Waals surface area contributed by atoms with Crippen molar-refractivity contribution < 1.29 is 14.7 Å². The fourth-order valence-electron chi connectivity index (χ4n) is 2.21. The molecule has 1 saturated heterocycles. The van der Waals surface area contributed by atoms with Gasteiger partial charge in [-0.15, -0.1) is 0 Å². The third kappa shape index (κ3) is 2.53. The van der Waals surface area contributed by atoms with Gasteiger partial charge in [-0.05, 0) is 30.5 Å². The Morgan fingerprint density at radius 3 is 2.67 bits per heavy atom. The van der Waals surface area contributed by atoms with Gasteiger partial charge in [0.25, 0.3) is 0 Å². The molecule has 0 aromatic heterocycles. The van der Waals surface area contributed by atoms with Crippen LogP contribution in [-0.2, 0) is 16.1 Å².